The normalized spacial score (nSPS) is 14.4. The molecule has 0 radical (unpaired) electrons. The van der Waals surface area contributed by atoms with Crippen LogP contribution in [0.4, 0.5) is 4.39 Å². The SMILES string of the molecule is CCC(O)COc1cc(F)ccc1C(C)NC. The highest BCUT2D eigenvalue weighted by Gasteiger charge is 2.12. The van der Waals surface area contributed by atoms with Gasteiger partial charge in [0.25, 0.3) is 0 Å². The van der Waals surface area contributed by atoms with E-state index < -0.39 is 6.10 Å². The lowest BCUT2D eigenvalue weighted by Crippen LogP contribution is -2.19. The molecule has 0 spiro atoms. The van der Waals surface area contributed by atoms with Crippen LogP contribution >= 0.6 is 0 Å². The van der Waals surface area contributed by atoms with E-state index >= 15 is 0 Å². The summed E-state index contributed by atoms with van der Waals surface area (Å²) in [7, 11) is 1.83. The van der Waals surface area contributed by atoms with Gasteiger partial charge in [0.15, 0.2) is 0 Å². The minimum atomic E-state index is -0.518. The second kappa shape index (κ2) is 6.57. The predicted octanol–water partition coefficient (Wildman–Crippen LogP) is 2.26. The van der Waals surface area contributed by atoms with Gasteiger partial charge >= 0.3 is 0 Å². The van der Waals surface area contributed by atoms with Crippen molar-refractivity contribution in [1.29, 1.82) is 0 Å². The zero-order valence-corrected chi connectivity index (χ0v) is 10.5. The van der Waals surface area contributed by atoms with E-state index in [4.69, 9.17) is 4.74 Å². The Morgan fingerprint density at radius 2 is 2.18 bits per heavy atom. The number of aliphatic hydroxyl groups excluding tert-OH is 1. The van der Waals surface area contributed by atoms with E-state index in [2.05, 4.69) is 5.32 Å². The van der Waals surface area contributed by atoms with E-state index in [9.17, 15) is 9.50 Å². The molecule has 0 aliphatic rings. The number of hydrogen-bond acceptors (Lipinski definition) is 3. The van der Waals surface area contributed by atoms with Crippen molar-refractivity contribution >= 4 is 0 Å². The summed E-state index contributed by atoms with van der Waals surface area (Å²) < 4.78 is 18.6. The van der Waals surface area contributed by atoms with E-state index in [0.29, 0.717) is 12.2 Å². The number of ether oxygens (including phenoxy) is 1. The van der Waals surface area contributed by atoms with Crippen LogP contribution < -0.4 is 10.1 Å². The molecule has 0 heterocycles. The van der Waals surface area contributed by atoms with Crippen molar-refractivity contribution in [3.8, 4) is 5.75 Å². The molecule has 0 aliphatic carbocycles. The molecule has 0 saturated carbocycles. The van der Waals surface area contributed by atoms with Crippen LogP contribution in [0.15, 0.2) is 18.2 Å². The van der Waals surface area contributed by atoms with Crippen LogP contribution in [-0.2, 0) is 0 Å². The number of benzene rings is 1. The number of rotatable bonds is 6. The van der Waals surface area contributed by atoms with Gasteiger partial charge in [-0.1, -0.05) is 13.0 Å². The molecular weight excluding hydrogens is 221 g/mol. The van der Waals surface area contributed by atoms with E-state index in [1.807, 2.05) is 20.9 Å². The molecule has 2 atom stereocenters. The number of hydrogen-bond donors (Lipinski definition) is 2. The Balaban J connectivity index is 2.83. The molecule has 96 valence electrons. The highest BCUT2D eigenvalue weighted by atomic mass is 19.1. The van der Waals surface area contributed by atoms with Crippen LogP contribution in [0.5, 0.6) is 5.75 Å². The van der Waals surface area contributed by atoms with Gasteiger partial charge in [0.2, 0.25) is 0 Å². The van der Waals surface area contributed by atoms with Crippen molar-refractivity contribution in [3.63, 3.8) is 0 Å². The van der Waals surface area contributed by atoms with Crippen molar-refractivity contribution in [2.45, 2.75) is 32.4 Å². The van der Waals surface area contributed by atoms with E-state index in [0.717, 1.165) is 5.56 Å². The minimum Gasteiger partial charge on any atom is -0.490 e. The Morgan fingerprint density at radius 1 is 1.47 bits per heavy atom. The quantitative estimate of drug-likeness (QED) is 0.802. The van der Waals surface area contributed by atoms with E-state index in [1.54, 1.807) is 6.07 Å². The van der Waals surface area contributed by atoms with Gasteiger partial charge in [0.05, 0.1) is 6.10 Å². The third kappa shape index (κ3) is 3.98. The third-order valence-corrected chi connectivity index (χ3v) is 2.78. The summed E-state index contributed by atoms with van der Waals surface area (Å²) in [5.74, 6) is 0.150. The second-order valence-electron chi connectivity index (χ2n) is 4.07. The molecule has 0 saturated heterocycles. The van der Waals surface area contributed by atoms with Crippen LogP contribution in [0.25, 0.3) is 0 Å². The lowest BCUT2D eigenvalue weighted by atomic mass is 10.1. The zero-order valence-electron chi connectivity index (χ0n) is 10.5. The molecule has 4 heteroatoms. The highest BCUT2D eigenvalue weighted by molar-refractivity contribution is 5.36. The first-order valence-corrected chi connectivity index (χ1v) is 5.86. The molecule has 3 nitrogen and oxygen atoms in total. The molecule has 0 aromatic heterocycles. The smallest absolute Gasteiger partial charge is 0.127 e. The Labute approximate surface area is 102 Å². The number of aliphatic hydroxyl groups is 1. The predicted molar refractivity (Wildman–Crippen MR) is 65.7 cm³/mol. The molecule has 0 aliphatic heterocycles. The lowest BCUT2D eigenvalue weighted by molar-refractivity contribution is 0.103. The summed E-state index contributed by atoms with van der Waals surface area (Å²) in [5, 5.41) is 12.5. The zero-order chi connectivity index (χ0) is 12.8. The van der Waals surface area contributed by atoms with Crippen molar-refractivity contribution < 1.29 is 14.2 Å². The van der Waals surface area contributed by atoms with E-state index in [-0.39, 0.29) is 18.5 Å². The average molecular weight is 241 g/mol. The van der Waals surface area contributed by atoms with Gasteiger partial charge in [-0.05, 0) is 26.5 Å². The monoisotopic (exact) mass is 241 g/mol. The van der Waals surface area contributed by atoms with Crippen LogP contribution in [-0.4, -0.2) is 24.9 Å². The Hall–Kier alpha value is -1.13. The maximum Gasteiger partial charge on any atom is 0.127 e. The van der Waals surface area contributed by atoms with Gasteiger partial charge in [-0.3, -0.25) is 0 Å². The van der Waals surface area contributed by atoms with Crippen molar-refractivity contribution in [2.24, 2.45) is 0 Å². The Morgan fingerprint density at radius 3 is 2.76 bits per heavy atom. The fraction of sp³-hybridized carbons (Fsp3) is 0.538. The summed E-state index contributed by atoms with van der Waals surface area (Å²) in [6, 6.07) is 4.53. The van der Waals surface area contributed by atoms with Gasteiger partial charge in [-0.2, -0.15) is 0 Å². The summed E-state index contributed by atoms with van der Waals surface area (Å²) in [6.07, 6.45) is 0.0997. The maximum absolute atomic E-state index is 13.2. The van der Waals surface area contributed by atoms with Crippen LogP contribution in [0.1, 0.15) is 31.9 Å². The van der Waals surface area contributed by atoms with Crippen LogP contribution in [0, 0.1) is 5.82 Å². The van der Waals surface area contributed by atoms with Crippen LogP contribution in [0.3, 0.4) is 0 Å². The fourth-order valence-electron chi connectivity index (χ4n) is 1.45. The molecule has 2 N–H and O–H groups in total. The van der Waals surface area contributed by atoms with Gasteiger partial charge in [-0.15, -0.1) is 0 Å². The summed E-state index contributed by atoms with van der Waals surface area (Å²) >= 11 is 0. The third-order valence-electron chi connectivity index (χ3n) is 2.78. The summed E-state index contributed by atoms with van der Waals surface area (Å²) in [4.78, 5) is 0. The molecule has 1 aromatic rings. The molecule has 0 fully saturated rings. The van der Waals surface area contributed by atoms with Crippen molar-refractivity contribution in [1.82, 2.24) is 5.32 Å². The summed E-state index contributed by atoms with van der Waals surface area (Å²) in [5.41, 5.74) is 0.886. The molecule has 0 bridgehead atoms. The van der Waals surface area contributed by atoms with Crippen molar-refractivity contribution in [3.05, 3.63) is 29.6 Å². The first-order valence-electron chi connectivity index (χ1n) is 5.86. The second-order valence-corrected chi connectivity index (χ2v) is 4.07. The topological polar surface area (TPSA) is 41.5 Å². The minimum absolute atomic E-state index is 0.0735. The molecule has 17 heavy (non-hydrogen) atoms. The number of halogens is 1. The van der Waals surface area contributed by atoms with Gasteiger partial charge in [-0.25, -0.2) is 4.39 Å². The number of nitrogens with one attached hydrogen (secondary N) is 1. The first kappa shape index (κ1) is 13.9. The molecule has 2 unspecified atom stereocenters. The highest BCUT2D eigenvalue weighted by Crippen LogP contribution is 2.26. The molecular formula is C13H20FNO2. The van der Waals surface area contributed by atoms with Gasteiger partial charge < -0.3 is 15.2 Å². The molecule has 1 rings (SSSR count). The molecule has 0 amide bonds. The first-order chi connectivity index (χ1) is 8.08. The Kier molecular flexibility index (Phi) is 5.38. The molecule has 1 aromatic carbocycles. The van der Waals surface area contributed by atoms with Gasteiger partial charge in [0, 0.05) is 17.7 Å². The summed E-state index contributed by atoms with van der Waals surface area (Å²) in [6.45, 7) is 4.02. The lowest BCUT2D eigenvalue weighted by Gasteiger charge is -2.18. The average Bonchev–Trinajstić information content (AvgIpc) is 2.35. The fourth-order valence-corrected chi connectivity index (χ4v) is 1.45. The van der Waals surface area contributed by atoms with E-state index in [1.165, 1.54) is 12.1 Å². The van der Waals surface area contributed by atoms with Crippen LogP contribution in [0.2, 0.25) is 0 Å². The largest absolute Gasteiger partial charge is 0.490 e. The van der Waals surface area contributed by atoms with Crippen molar-refractivity contribution in [2.75, 3.05) is 13.7 Å². The van der Waals surface area contributed by atoms with Gasteiger partial charge in [0.1, 0.15) is 18.2 Å². The Bertz CT molecular complexity index is 357. The maximum atomic E-state index is 13.2. The standard InChI is InChI=1S/C13H20FNO2/c1-4-11(16)8-17-13-7-10(14)5-6-12(13)9(2)15-3/h5-7,9,11,15-16H,4,8H2,1-3H3.